The summed E-state index contributed by atoms with van der Waals surface area (Å²) >= 11 is 0. The Hall–Kier alpha value is -1.88. The largest absolute Gasteiger partial charge is 0.507 e. The van der Waals surface area contributed by atoms with Crippen molar-refractivity contribution in [3.63, 3.8) is 0 Å². The van der Waals surface area contributed by atoms with Crippen LogP contribution in [0.15, 0.2) is 22.7 Å². The number of aromatic hydroxyl groups is 1. The SMILES string of the molecule is CCOC(CC)c1noc(-c2cccc(C)c2O)n1. The van der Waals surface area contributed by atoms with Crippen LogP contribution in [0.1, 0.15) is 37.8 Å². The Kier molecular flexibility index (Phi) is 4.16. The summed E-state index contributed by atoms with van der Waals surface area (Å²) in [5, 5.41) is 13.9. The van der Waals surface area contributed by atoms with Crippen molar-refractivity contribution in [2.75, 3.05) is 6.61 Å². The number of hydrogen-bond donors (Lipinski definition) is 1. The third-order valence-electron chi connectivity index (χ3n) is 2.94. The first-order valence-corrected chi connectivity index (χ1v) is 6.41. The number of aromatic nitrogens is 2. The minimum atomic E-state index is -0.172. The summed E-state index contributed by atoms with van der Waals surface area (Å²) in [7, 11) is 0. The predicted octanol–water partition coefficient (Wildman–Crippen LogP) is 3.24. The number of para-hydroxylation sites is 1. The number of phenols is 1. The predicted molar refractivity (Wildman–Crippen MR) is 70.8 cm³/mol. The first-order valence-electron chi connectivity index (χ1n) is 6.41. The Morgan fingerprint density at radius 3 is 2.84 bits per heavy atom. The van der Waals surface area contributed by atoms with E-state index in [2.05, 4.69) is 10.1 Å². The molecule has 0 aliphatic rings. The molecule has 2 aromatic rings. The normalized spacial score (nSPS) is 12.6. The third-order valence-corrected chi connectivity index (χ3v) is 2.94. The summed E-state index contributed by atoms with van der Waals surface area (Å²) in [6.45, 7) is 6.35. The molecule has 0 saturated heterocycles. The number of phenolic OH excluding ortho intramolecular Hbond substituents is 1. The van der Waals surface area contributed by atoms with Crippen molar-refractivity contribution in [2.24, 2.45) is 0 Å². The van der Waals surface area contributed by atoms with Crippen molar-refractivity contribution in [1.29, 1.82) is 0 Å². The molecule has 0 radical (unpaired) electrons. The maximum atomic E-state index is 10.0. The molecule has 1 atom stereocenters. The van der Waals surface area contributed by atoms with Gasteiger partial charge in [-0.15, -0.1) is 0 Å². The minimum Gasteiger partial charge on any atom is -0.507 e. The number of ether oxygens (including phenoxy) is 1. The Balaban J connectivity index is 2.32. The van der Waals surface area contributed by atoms with Crippen molar-refractivity contribution < 1.29 is 14.4 Å². The van der Waals surface area contributed by atoms with E-state index in [9.17, 15) is 5.11 Å². The van der Waals surface area contributed by atoms with Gasteiger partial charge in [-0.3, -0.25) is 0 Å². The highest BCUT2D eigenvalue weighted by atomic mass is 16.5. The zero-order valence-corrected chi connectivity index (χ0v) is 11.4. The lowest BCUT2D eigenvalue weighted by Crippen LogP contribution is -2.04. The average molecular weight is 262 g/mol. The van der Waals surface area contributed by atoms with Crippen LogP contribution in [0.3, 0.4) is 0 Å². The molecule has 0 aliphatic carbocycles. The van der Waals surface area contributed by atoms with E-state index >= 15 is 0 Å². The molecule has 1 N–H and O–H groups in total. The first kappa shape index (κ1) is 13.5. The highest BCUT2D eigenvalue weighted by Crippen LogP contribution is 2.31. The molecule has 19 heavy (non-hydrogen) atoms. The van der Waals surface area contributed by atoms with Gasteiger partial charge in [0.2, 0.25) is 5.82 Å². The van der Waals surface area contributed by atoms with E-state index in [1.165, 1.54) is 0 Å². The fraction of sp³-hybridized carbons (Fsp3) is 0.429. The van der Waals surface area contributed by atoms with Crippen LogP contribution >= 0.6 is 0 Å². The summed E-state index contributed by atoms with van der Waals surface area (Å²) in [6.07, 6.45) is 0.599. The van der Waals surface area contributed by atoms with E-state index in [4.69, 9.17) is 9.26 Å². The van der Waals surface area contributed by atoms with Gasteiger partial charge in [-0.25, -0.2) is 0 Å². The molecule has 102 valence electrons. The van der Waals surface area contributed by atoms with Crippen LogP contribution in [0.25, 0.3) is 11.5 Å². The number of rotatable bonds is 5. The molecular formula is C14H18N2O3. The van der Waals surface area contributed by atoms with Crippen molar-refractivity contribution in [3.8, 4) is 17.2 Å². The van der Waals surface area contributed by atoms with Gasteiger partial charge in [-0.05, 0) is 31.9 Å². The molecule has 1 heterocycles. The number of hydrogen-bond acceptors (Lipinski definition) is 5. The van der Waals surface area contributed by atoms with Gasteiger partial charge in [-0.2, -0.15) is 4.98 Å². The molecule has 2 rings (SSSR count). The topological polar surface area (TPSA) is 68.4 Å². The molecule has 0 spiro atoms. The quantitative estimate of drug-likeness (QED) is 0.895. The van der Waals surface area contributed by atoms with Crippen molar-refractivity contribution in [2.45, 2.75) is 33.3 Å². The van der Waals surface area contributed by atoms with E-state index < -0.39 is 0 Å². The summed E-state index contributed by atoms with van der Waals surface area (Å²) < 4.78 is 10.7. The molecule has 0 aliphatic heterocycles. The zero-order chi connectivity index (χ0) is 13.8. The van der Waals surface area contributed by atoms with Gasteiger partial charge in [0.25, 0.3) is 5.89 Å². The molecule has 0 saturated carbocycles. The molecule has 1 aromatic heterocycles. The first-order chi connectivity index (χ1) is 9.17. The molecule has 1 aromatic carbocycles. The standard InChI is InChI=1S/C14H18N2O3/c1-4-11(18-5-2)13-15-14(19-16-13)10-8-6-7-9(3)12(10)17/h6-8,11,17H,4-5H2,1-3H3. The third kappa shape index (κ3) is 2.76. The Morgan fingerprint density at radius 1 is 1.37 bits per heavy atom. The second-order valence-corrected chi connectivity index (χ2v) is 4.28. The summed E-state index contributed by atoms with van der Waals surface area (Å²) in [5.74, 6) is 0.997. The summed E-state index contributed by atoms with van der Waals surface area (Å²) in [6, 6.07) is 5.42. The highest BCUT2D eigenvalue weighted by Gasteiger charge is 2.19. The van der Waals surface area contributed by atoms with E-state index in [1.54, 1.807) is 6.07 Å². The lowest BCUT2D eigenvalue weighted by molar-refractivity contribution is 0.0518. The molecule has 0 bridgehead atoms. The summed E-state index contributed by atoms with van der Waals surface area (Å²) in [5.41, 5.74) is 1.32. The molecule has 0 fully saturated rings. The van der Waals surface area contributed by atoms with Gasteiger partial charge in [0.1, 0.15) is 11.9 Å². The zero-order valence-electron chi connectivity index (χ0n) is 11.4. The maximum absolute atomic E-state index is 10.0. The van der Waals surface area contributed by atoms with Crippen LogP contribution in [-0.2, 0) is 4.74 Å². The molecule has 5 nitrogen and oxygen atoms in total. The van der Waals surface area contributed by atoms with E-state index in [0.29, 0.717) is 23.9 Å². The van der Waals surface area contributed by atoms with Crippen LogP contribution in [-0.4, -0.2) is 21.9 Å². The minimum absolute atomic E-state index is 0.169. The number of aryl methyl sites for hydroxylation is 1. The lowest BCUT2D eigenvalue weighted by Gasteiger charge is -2.09. The molecule has 5 heteroatoms. The second-order valence-electron chi connectivity index (χ2n) is 4.28. The monoisotopic (exact) mass is 262 g/mol. The van der Waals surface area contributed by atoms with Crippen LogP contribution in [0.5, 0.6) is 5.75 Å². The summed E-state index contributed by atoms with van der Waals surface area (Å²) in [4.78, 5) is 4.31. The smallest absolute Gasteiger partial charge is 0.261 e. The van der Waals surface area contributed by atoms with Gasteiger partial charge in [-0.1, -0.05) is 24.2 Å². The maximum Gasteiger partial charge on any atom is 0.261 e. The Bertz CT molecular complexity index is 551. The van der Waals surface area contributed by atoms with Crippen LogP contribution in [0, 0.1) is 6.92 Å². The number of benzene rings is 1. The van der Waals surface area contributed by atoms with Crippen molar-refractivity contribution in [1.82, 2.24) is 10.1 Å². The Labute approximate surface area is 112 Å². The van der Waals surface area contributed by atoms with Gasteiger partial charge in [0.15, 0.2) is 0 Å². The van der Waals surface area contributed by atoms with E-state index in [0.717, 1.165) is 12.0 Å². The average Bonchev–Trinajstić information content (AvgIpc) is 2.88. The highest BCUT2D eigenvalue weighted by molar-refractivity contribution is 5.64. The van der Waals surface area contributed by atoms with Crippen LogP contribution in [0.4, 0.5) is 0 Å². The molecule has 1 unspecified atom stereocenters. The number of nitrogens with zero attached hydrogens (tertiary/aromatic N) is 2. The van der Waals surface area contributed by atoms with Crippen LogP contribution < -0.4 is 0 Å². The molecular weight excluding hydrogens is 244 g/mol. The lowest BCUT2D eigenvalue weighted by atomic mass is 10.1. The van der Waals surface area contributed by atoms with Gasteiger partial charge >= 0.3 is 0 Å². The van der Waals surface area contributed by atoms with Gasteiger partial charge in [0, 0.05) is 6.61 Å². The second kappa shape index (κ2) is 5.84. The van der Waals surface area contributed by atoms with Gasteiger partial charge < -0.3 is 14.4 Å². The van der Waals surface area contributed by atoms with E-state index in [-0.39, 0.29) is 11.9 Å². The van der Waals surface area contributed by atoms with E-state index in [1.807, 2.05) is 32.9 Å². The fourth-order valence-corrected chi connectivity index (χ4v) is 1.88. The van der Waals surface area contributed by atoms with Crippen molar-refractivity contribution >= 4 is 0 Å². The Morgan fingerprint density at radius 2 is 2.16 bits per heavy atom. The fourth-order valence-electron chi connectivity index (χ4n) is 1.88. The van der Waals surface area contributed by atoms with Crippen LogP contribution in [0.2, 0.25) is 0 Å². The van der Waals surface area contributed by atoms with Crippen molar-refractivity contribution in [3.05, 3.63) is 29.6 Å². The molecule has 0 amide bonds. The van der Waals surface area contributed by atoms with Gasteiger partial charge in [0.05, 0.1) is 5.56 Å².